The van der Waals surface area contributed by atoms with E-state index in [1.54, 1.807) is 0 Å². The molecule has 0 aliphatic carbocycles. The Bertz CT molecular complexity index is 682. The van der Waals surface area contributed by atoms with Crippen molar-refractivity contribution >= 4 is 0 Å². The summed E-state index contributed by atoms with van der Waals surface area (Å²) < 4.78 is 72.2. The van der Waals surface area contributed by atoms with Crippen molar-refractivity contribution in [3.63, 3.8) is 0 Å². The first-order valence-electron chi connectivity index (χ1n) is 6.00. The maximum absolute atomic E-state index is 13.9. The van der Waals surface area contributed by atoms with Crippen LogP contribution in [0.2, 0.25) is 0 Å². The average molecular weight is 302 g/mol. The van der Waals surface area contributed by atoms with Crippen LogP contribution in [0.15, 0.2) is 30.3 Å². The van der Waals surface area contributed by atoms with Gasteiger partial charge < -0.3 is 4.74 Å². The number of benzene rings is 2. The Kier molecular flexibility index (Phi) is 3.89. The standard InChI is InChI=1S/C15H11F5O/c1-8-3-5-10(7-11(8)16)15(19,20)21-12-6-4-9(2)13(17)14(12)18/h3-7H,1-2H3. The monoisotopic (exact) mass is 302 g/mol. The Morgan fingerprint density at radius 3 is 2.10 bits per heavy atom. The quantitative estimate of drug-likeness (QED) is 0.737. The minimum Gasteiger partial charge on any atom is -0.426 e. The number of halogens is 5. The second-order valence-electron chi connectivity index (χ2n) is 4.59. The largest absolute Gasteiger partial charge is 0.426 e. The van der Waals surface area contributed by atoms with E-state index in [0.717, 1.165) is 24.3 Å². The smallest absolute Gasteiger partial charge is 0.426 e. The molecule has 2 aromatic rings. The average Bonchev–Trinajstić information content (AvgIpc) is 2.42. The molecule has 0 unspecified atom stereocenters. The van der Waals surface area contributed by atoms with Crippen LogP contribution < -0.4 is 4.74 Å². The van der Waals surface area contributed by atoms with Gasteiger partial charge in [-0.15, -0.1) is 0 Å². The third-order valence-corrected chi connectivity index (χ3v) is 2.99. The molecule has 0 aliphatic heterocycles. The molecule has 112 valence electrons. The Morgan fingerprint density at radius 1 is 0.857 bits per heavy atom. The summed E-state index contributed by atoms with van der Waals surface area (Å²) in [5.74, 6) is -4.56. The van der Waals surface area contributed by atoms with Crippen LogP contribution in [0.1, 0.15) is 16.7 Å². The molecule has 0 saturated heterocycles. The highest BCUT2D eigenvalue weighted by Gasteiger charge is 2.36. The summed E-state index contributed by atoms with van der Waals surface area (Å²) in [5, 5.41) is 0. The maximum Gasteiger partial charge on any atom is 0.426 e. The molecule has 2 rings (SSSR count). The summed E-state index contributed by atoms with van der Waals surface area (Å²) in [4.78, 5) is 0. The van der Waals surface area contributed by atoms with E-state index in [9.17, 15) is 22.0 Å². The second-order valence-corrected chi connectivity index (χ2v) is 4.59. The zero-order chi connectivity index (χ0) is 15.8. The minimum absolute atomic E-state index is 0.0375. The predicted molar refractivity (Wildman–Crippen MR) is 66.8 cm³/mol. The summed E-state index contributed by atoms with van der Waals surface area (Å²) in [6.07, 6.45) is -3.99. The Hall–Kier alpha value is -2.11. The van der Waals surface area contributed by atoms with Crippen molar-refractivity contribution in [2.24, 2.45) is 0 Å². The van der Waals surface area contributed by atoms with Crippen molar-refractivity contribution < 1.29 is 26.7 Å². The summed E-state index contributed by atoms with van der Waals surface area (Å²) in [6, 6.07) is 4.71. The summed E-state index contributed by atoms with van der Waals surface area (Å²) in [5.41, 5.74) is -0.641. The normalized spacial score (nSPS) is 11.6. The molecule has 6 heteroatoms. The molecule has 0 N–H and O–H groups in total. The zero-order valence-electron chi connectivity index (χ0n) is 11.2. The molecule has 0 heterocycles. The number of ether oxygens (including phenoxy) is 1. The van der Waals surface area contributed by atoms with Crippen molar-refractivity contribution in [1.82, 2.24) is 0 Å². The molecular formula is C15H11F5O. The first kappa shape index (κ1) is 15.3. The maximum atomic E-state index is 13.9. The summed E-state index contributed by atoms with van der Waals surface area (Å²) in [7, 11) is 0. The predicted octanol–water partition coefficient (Wildman–Crippen LogP) is 4.85. The van der Waals surface area contributed by atoms with E-state index in [1.165, 1.54) is 13.8 Å². The van der Waals surface area contributed by atoms with Gasteiger partial charge in [-0.25, -0.2) is 8.78 Å². The number of alkyl halides is 2. The lowest BCUT2D eigenvalue weighted by Crippen LogP contribution is -2.23. The van der Waals surface area contributed by atoms with Gasteiger partial charge >= 0.3 is 6.11 Å². The fraction of sp³-hybridized carbons (Fsp3) is 0.200. The van der Waals surface area contributed by atoms with E-state index in [4.69, 9.17) is 0 Å². The molecule has 21 heavy (non-hydrogen) atoms. The van der Waals surface area contributed by atoms with Gasteiger partial charge in [-0.1, -0.05) is 12.1 Å². The van der Waals surface area contributed by atoms with E-state index >= 15 is 0 Å². The van der Waals surface area contributed by atoms with E-state index in [0.29, 0.717) is 6.07 Å². The molecule has 0 fully saturated rings. The van der Waals surface area contributed by atoms with Gasteiger partial charge in [0.15, 0.2) is 11.6 Å². The Labute approximate surface area is 118 Å². The van der Waals surface area contributed by atoms with Crippen LogP contribution in [0.5, 0.6) is 5.75 Å². The molecule has 0 aliphatic rings. The van der Waals surface area contributed by atoms with Gasteiger partial charge in [0.05, 0.1) is 5.56 Å². The molecule has 0 aromatic heterocycles. The highest BCUT2D eigenvalue weighted by Crippen LogP contribution is 2.34. The van der Waals surface area contributed by atoms with Gasteiger partial charge in [0, 0.05) is 0 Å². The third kappa shape index (κ3) is 2.99. The van der Waals surface area contributed by atoms with Crippen LogP contribution in [0.4, 0.5) is 22.0 Å². The SMILES string of the molecule is Cc1ccc(C(F)(F)Oc2ccc(C)c(F)c2F)cc1F. The molecule has 2 aromatic carbocycles. The summed E-state index contributed by atoms with van der Waals surface area (Å²) >= 11 is 0. The van der Waals surface area contributed by atoms with Crippen LogP contribution in [0.3, 0.4) is 0 Å². The molecule has 0 radical (unpaired) electrons. The lowest BCUT2D eigenvalue weighted by atomic mass is 10.1. The van der Waals surface area contributed by atoms with Crippen LogP contribution in [0, 0.1) is 31.3 Å². The van der Waals surface area contributed by atoms with Crippen LogP contribution in [-0.2, 0) is 6.11 Å². The van der Waals surface area contributed by atoms with Crippen molar-refractivity contribution in [2.75, 3.05) is 0 Å². The van der Waals surface area contributed by atoms with Crippen LogP contribution in [-0.4, -0.2) is 0 Å². The number of aryl methyl sites for hydroxylation is 2. The van der Waals surface area contributed by atoms with E-state index < -0.39 is 34.9 Å². The van der Waals surface area contributed by atoms with Gasteiger partial charge in [-0.05, 0) is 43.2 Å². The first-order valence-corrected chi connectivity index (χ1v) is 6.00. The summed E-state index contributed by atoms with van der Waals surface area (Å²) in [6.45, 7) is 2.70. The fourth-order valence-corrected chi connectivity index (χ4v) is 1.68. The van der Waals surface area contributed by atoms with Gasteiger partial charge in [-0.2, -0.15) is 13.2 Å². The van der Waals surface area contributed by atoms with Gasteiger partial charge in [-0.3, -0.25) is 0 Å². The molecule has 0 saturated carbocycles. The van der Waals surface area contributed by atoms with Gasteiger partial charge in [0.25, 0.3) is 0 Å². The molecule has 0 atom stereocenters. The first-order chi connectivity index (χ1) is 9.72. The van der Waals surface area contributed by atoms with Crippen molar-refractivity contribution in [3.05, 3.63) is 64.5 Å². The topological polar surface area (TPSA) is 9.23 Å². The lowest BCUT2D eigenvalue weighted by Gasteiger charge is -2.19. The van der Waals surface area contributed by atoms with Gasteiger partial charge in [0.1, 0.15) is 5.82 Å². The molecular weight excluding hydrogens is 291 g/mol. The Morgan fingerprint density at radius 2 is 1.48 bits per heavy atom. The van der Waals surface area contributed by atoms with Crippen molar-refractivity contribution in [3.8, 4) is 5.75 Å². The Balaban J connectivity index is 2.37. The van der Waals surface area contributed by atoms with Crippen LogP contribution in [0.25, 0.3) is 0 Å². The molecule has 0 spiro atoms. The number of rotatable bonds is 3. The number of hydrogen-bond donors (Lipinski definition) is 0. The fourth-order valence-electron chi connectivity index (χ4n) is 1.68. The van der Waals surface area contributed by atoms with E-state index in [2.05, 4.69) is 4.74 Å². The van der Waals surface area contributed by atoms with Gasteiger partial charge in [0.2, 0.25) is 5.82 Å². The van der Waals surface area contributed by atoms with E-state index in [1.807, 2.05) is 0 Å². The van der Waals surface area contributed by atoms with Crippen molar-refractivity contribution in [1.29, 1.82) is 0 Å². The third-order valence-electron chi connectivity index (χ3n) is 2.99. The second kappa shape index (κ2) is 5.35. The minimum atomic E-state index is -3.99. The van der Waals surface area contributed by atoms with Crippen LogP contribution >= 0.6 is 0 Å². The zero-order valence-corrected chi connectivity index (χ0v) is 11.2. The number of hydrogen-bond acceptors (Lipinski definition) is 1. The molecule has 0 amide bonds. The lowest BCUT2D eigenvalue weighted by molar-refractivity contribution is -0.187. The molecule has 0 bridgehead atoms. The van der Waals surface area contributed by atoms with Crippen molar-refractivity contribution in [2.45, 2.75) is 20.0 Å². The van der Waals surface area contributed by atoms with E-state index in [-0.39, 0.29) is 11.1 Å². The highest BCUT2D eigenvalue weighted by molar-refractivity contribution is 5.32. The highest BCUT2D eigenvalue weighted by atomic mass is 19.3. The molecule has 1 nitrogen and oxygen atoms in total.